The third kappa shape index (κ3) is 2.02. The van der Waals surface area contributed by atoms with Crippen molar-refractivity contribution in [3.05, 3.63) is 29.3 Å². The molecule has 4 nitrogen and oxygen atoms in total. The fraction of sp³-hybridized carbons (Fsp3) is 0.385. The van der Waals surface area contributed by atoms with Crippen LogP contribution >= 0.6 is 0 Å². The summed E-state index contributed by atoms with van der Waals surface area (Å²) in [6.07, 6.45) is 0.894. The van der Waals surface area contributed by atoms with Crippen LogP contribution in [0, 0.1) is 0 Å². The van der Waals surface area contributed by atoms with Gasteiger partial charge in [-0.15, -0.1) is 0 Å². The number of ether oxygens (including phenoxy) is 2. The molecular formula is C13H14O4. The third-order valence-electron chi connectivity index (χ3n) is 3.08. The van der Waals surface area contributed by atoms with Gasteiger partial charge in [0.1, 0.15) is 5.75 Å². The number of carbonyl (C=O) groups is 2. The van der Waals surface area contributed by atoms with E-state index in [1.165, 1.54) is 7.11 Å². The average Bonchev–Trinajstić information content (AvgIpc) is 2.38. The molecule has 2 rings (SSSR count). The van der Waals surface area contributed by atoms with Crippen molar-refractivity contribution in [2.24, 2.45) is 0 Å². The predicted molar refractivity (Wildman–Crippen MR) is 61.3 cm³/mol. The molecule has 0 radical (unpaired) electrons. The first-order valence-electron chi connectivity index (χ1n) is 5.46. The molecule has 1 aliphatic rings. The van der Waals surface area contributed by atoms with Crippen molar-refractivity contribution in [1.29, 1.82) is 0 Å². The molecule has 1 atom stereocenters. The largest absolute Gasteiger partial charge is 0.497 e. The number of hydrogen-bond acceptors (Lipinski definition) is 4. The standard InChI is InChI=1S/C13H14O4/c1-16-8-3-4-9-10(13(15)17-2)5-6-12(14)11(9)7-8/h3-4,7,10H,5-6H2,1-2H3. The van der Waals surface area contributed by atoms with Crippen LogP contribution in [-0.4, -0.2) is 26.0 Å². The zero-order valence-corrected chi connectivity index (χ0v) is 9.86. The van der Waals surface area contributed by atoms with Gasteiger partial charge in [0.25, 0.3) is 0 Å². The van der Waals surface area contributed by atoms with Crippen LogP contribution in [0.2, 0.25) is 0 Å². The Hall–Kier alpha value is -1.84. The van der Waals surface area contributed by atoms with Gasteiger partial charge in [-0.3, -0.25) is 9.59 Å². The quantitative estimate of drug-likeness (QED) is 0.734. The summed E-state index contributed by atoms with van der Waals surface area (Å²) >= 11 is 0. The van der Waals surface area contributed by atoms with Gasteiger partial charge in [-0.1, -0.05) is 6.07 Å². The molecule has 0 bridgehead atoms. The number of benzene rings is 1. The van der Waals surface area contributed by atoms with E-state index in [0.717, 1.165) is 5.56 Å². The molecule has 0 spiro atoms. The molecule has 1 aliphatic carbocycles. The highest BCUT2D eigenvalue weighted by atomic mass is 16.5. The van der Waals surface area contributed by atoms with Crippen molar-refractivity contribution in [2.75, 3.05) is 14.2 Å². The van der Waals surface area contributed by atoms with Crippen molar-refractivity contribution in [3.63, 3.8) is 0 Å². The average molecular weight is 234 g/mol. The fourth-order valence-corrected chi connectivity index (χ4v) is 2.16. The number of methoxy groups -OCH3 is 2. The predicted octanol–water partition coefficient (Wildman–Crippen LogP) is 1.93. The summed E-state index contributed by atoms with van der Waals surface area (Å²) in [6, 6.07) is 5.22. The molecule has 90 valence electrons. The van der Waals surface area contributed by atoms with E-state index in [9.17, 15) is 9.59 Å². The second-order valence-electron chi connectivity index (χ2n) is 3.99. The van der Waals surface area contributed by atoms with Crippen molar-refractivity contribution in [1.82, 2.24) is 0 Å². The van der Waals surface area contributed by atoms with Gasteiger partial charge in [-0.25, -0.2) is 0 Å². The second kappa shape index (κ2) is 4.57. The minimum absolute atomic E-state index is 0.0547. The highest BCUT2D eigenvalue weighted by Gasteiger charge is 2.31. The zero-order chi connectivity index (χ0) is 12.4. The number of hydrogen-bond donors (Lipinski definition) is 0. The lowest BCUT2D eigenvalue weighted by molar-refractivity contribution is -0.142. The minimum atomic E-state index is -0.335. The maximum atomic E-state index is 11.8. The summed E-state index contributed by atoms with van der Waals surface area (Å²) in [4.78, 5) is 23.4. The molecule has 17 heavy (non-hydrogen) atoms. The summed E-state index contributed by atoms with van der Waals surface area (Å²) < 4.78 is 9.84. The van der Waals surface area contributed by atoms with Crippen molar-refractivity contribution in [2.45, 2.75) is 18.8 Å². The molecule has 0 aromatic heterocycles. The molecular weight excluding hydrogens is 220 g/mol. The summed E-state index contributed by atoms with van der Waals surface area (Å²) in [5, 5.41) is 0. The molecule has 1 aromatic rings. The van der Waals surface area contributed by atoms with Gasteiger partial charge >= 0.3 is 5.97 Å². The Morgan fingerprint density at radius 1 is 1.35 bits per heavy atom. The van der Waals surface area contributed by atoms with Crippen molar-refractivity contribution < 1.29 is 19.1 Å². The van der Waals surface area contributed by atoms with Crippen LogP contribution in [0.5, 0.6) is 5.75 Å². The lowest BCUT2D eigenvalue weighted by atomic mass is 9.82. The van der Waals surface area contributed by atoms with Gasteiger partial charge in [0.15, 0.2) is 5.78 Å². The smallest absolute Gasteiger partial charge is 0.313 e. The minimum Gasteiger partial charge on any atom is -0.497 e. The van der Waals surface area contributed by atoms with Crippen LogP contribution < -0.4 is 4.74 Å². The number of Topliss-reactive ketones (excluding diaryl/α,β-unsaturated/α-hetero) is 1. The van der Waals surface area contributed by atoms with Gasteiger partial charge < -0.3 is 9.47 Å². The van der Waals surface area contributed by atoms with E-state index in [1.54, 1.807) is 25.3 Å². The van der Waals surface area contributed by atoms with Gasteiger partial charge in [0.2, 0.25) is 0 Å². The molecule has 0 aliphatic heterocycles. The molecule has 0 fully saturated rings. The Balaban J connectivity index is 2.46. The molecule has 0 N–H and O–H groups in total. The maximum absolute atomic E-state index is 11.8. The van der Waals surface area contributed by atoms with E-state index in [-0.39, 0.29) is 17.7 Å². The van der Waals surface area contributed by atoms with Crippen LogP contribution in [0.4, 0.5) is 0 Å². The number of rotatable bonds is 2. The molecule has 1 unspecified atom stereocenters. The molecule has 0 amide bonds. The van der Waals surface area contributed by atoms with Gasteiger partial charge in [-0.2, -0.15) is 0 Å². The molecule has 0 saturated carbocycles. The van der Waals surface area contributed by atoms with E-state index in [4.69, 9.17) is 9.47 Å². The lowest BCUT2D eigenvalue weighted by Gasteiger charge is -2.22. The SMILES string of the molecule is COC(=O)C1CCC(=O)c2cc(OC)ccc21. The fourth-order valence-electron chi connectivity index (χ4n) is 2.16. The van der Waals surface area contributed by atoms with E-state index < -0.39 is 0 Å². The first kappa shape index (κ1) is 11.6. The van der Waals surface area contributed by atoms with Gasteiger partial charge in [-0.05, 0) is 24.1 Å². The highest BCUT2D eigenvalue weighted by Crippen LogP contribution is 2.34. The molecule has 4 heteroatoms. The third-order valence-corrected chi connectivity index (χ3v) is 3.08. The monoisotopic (exact) mass is 234 g/mol. The summed E-state index contributed by atoms with van der Waals surface area (Å²) in [7, 11) is 2.91. The van der Waals surface area contributed by atoms with Crippen LogP contribution in [-0.2, 0) is 9.53 Å². The second-order valence-corrected chi connectivity index (χ2v) is 3.99. The summed E-state index contributed by atoms with van der Waals surface area (Å²) in [5.41, 5.74) is 1.32. The van der Waals surface area contributed by atoms with Gasteiger partial charge in [0, 0.05) is 12.0 Å². The van der Waals surface area contributed by atoms with Crippen LogP contribution in [0.3, 0.4) is 0 Å². The van der Waals surface area contributed by atoms with E-state index in [2.05, 4.69) is 0 Å². The number of fused-ring (bicyclic) bond motifs is 1. The Morgan fingerprint density at radius 2 is 2.12 bits per heavy atom. The highest BCUT2D eigenvalue weighted by molar-refractivity contribution is 6.01. The molecule has 0 heterocycles. The van der Waals surface area contributed by atoms with Crippen molar-refractivity contribution in [3.8, 4) is 5.75 Å². The molecule has 1 aromatic carbocycles. The Labute approximate surface area is 99.5 Å². The zero-order valence-electron chi connectivity index (χ0n) is 9.86. The Bertz CT molecular complexity index is 464. The van der Waals surface area contributed by atoms with Crippen LogP contribution in [0.1, 0.15) is 34.7 Å². The summed E-state index contributed by atoms with van der Waals surface area (Å²) in [6.45, 7) is 0. The van der Waals surface area contributed by atoms with E-state index in [1.807, 2.05) is 0 Å². The molecule has 0 saturated heterocycles. The lowest BCUT2D eigenvalue weighted by Crippen LogP contribution is -2.23. The van der Waals surface area contributed by atoms with Crippen LogP contribution in [0.15, 0.2) is 18.2 Å². The normalized spacial score (nSPS) is 18.5. The van der Waals surface area contributed by atoms with Crippen molar-refractivity contribution >= 4 is 11.8 Å². The first-order chi connectivity index (χ1) is 8.17. The number of ketones is 1. The number of esters is 1. The van der Waals surface area contributed by atoms with Gasteiger partial charge in [0.05, 0.1) is 20.1 Å². The van der Waals surface area contributed by atoms with E-state index >= 15 is 0 Å². The first-order valence-corrected chi connectivity index (χ1v) is 5.46. The Kier molecular flexibility index (Phi) is 3.13. The number of carbonyl (C=O) groups excluding carboxylic acids is 2. The van der Waals surface area contributed by atoms with E-state index in [0.29, 0.717) is 24.2 Å². The summed E-state index contributed by atoms with van der Waals surface area (Å²) in [5.74, 6) is 0.0594. The van der Waals surface area contributed by atoms with Crippen LogP contribution in [0.25, 0.3) is 0 Å². The maximum Gasteiger partial charge on any atom is 0.313 e. The topological polar surface area (TPSA) is 52.6 Å². The Morgan fingerprint density at radius 3 is 2.76 bits per heavy atom.